The van der Waals surface area contributed by atoms with Crippen LogP contribution in [-0.2, 0) is 11.2 Å². The number of hydrogen-bond donors (Lipinski definition) is 2. The third-order valence-electron chi connectivity index (χ3n) is 6.52. The van der Waals surface area contributed by atoms with Crippen molar-refractivity contribution < 1.29 is 32.6 Å². The highest BCUT2D eigenvalue weighted by molar-refractivity contribution is 6.39. The number of ether oxygens (including phenoxy) is 1. The summed E-state index contributed by atoms with van der Waals surface area (Å²) in [5.74, 6) is -4.49. The second-order valence-corrected chi connectivity index (χ2v) is 9.65. The molecular weight excluding hydrogens is 518 g/mol. The minimum atomic E-state index is -1.47. The number of halogens is 5. The van der Waals surface area contributed by atoms with Gasteiger partial charge in [-0.05, 0) is 42.2 Å². The second kappa shape index (κ2) is 9.33. The third-order valence-corrected chi connectivity index (χ3v) is 7.11. The predicted molar refractivity (Wildman–Crippen MR) is 127 cm³/mol. The molecule has 1 saturated carbocycles. The summed E-state index contributed by atoms with van der Waals surface area (Å²) in [6.45, 7) is 0.455. The van der Waals surface area contributed by atoms with Crippen LogP contribution in [0.1, 0.15) is 33.8 Å². The number of carbonyl (C=O) groups excluding carboxylic acids is 1. The molecule has 1 fully saturated rings. The molecule has 186 valence electrons. The number of rotatable bonds is 6. The Hall–Kier alpha value is -3.23. The molecule has 0 bridgehead atoms. The van der Waals surface area contributed by atoms with E-state index in [4.69, 9.17) is 27.9 Å². The normalized spacial score (nSPS) is 18.5. The molecule has 5 nitrogen and oxygen atoms in total. The molecule has 2 aliphatic rings. The summed E-state index contributed by atoms with van der Waals surface area (Å²) in [5, 5.41) is 12.2. The van der Waals surface area contributed by atoms with Crippen molar-refractivity contribution >= 4 is 35.1 Å². The third kappa shape index (κ3) is 4.40. The zero-order chi connectivity index (χ0) is 25.7. The van der Waals surface area contributed by atoms with Crippen molar-refractivity contribution in [3.8, 4) is 16.9 Å². The standard InChI is InChI=1S/C26H18Cl2F3NO4/c27-16-8-13(29)9-17(28)22(16)14-5-4-11(21-15-6-12(15)10-36-24(14)21)7-20(26(34)35)32-25(33)23-18(30)2-1-3-19(23)31/h1-5,8-9,12,15,20H,6-7,10H2,(H,32,33)(H,34,35)/t12-,15-,20+/m1/s1. The lowest BCUT2D eigenvalue weighted by Gasteiger charge is -2.25. The van der Waals surface area contributed by atoms with Gasteiger partial charge in [-0.3, -0.25) is 4.79 Å². The van der Waals surface area contributed by atoms with Crippen molar-refractivity contribution in [3.05, 3.63) is 86.7 Å². The van der Waals surface area contributed by atoms with Crippen LogP contribution in [0.15, 0.2) is 42.5 Å². The highest BCUT2D eigenvalue weighted by atomic mass is 35.5. The Balaban J connectivity index is 1.52. The van der Waals surface area contributed by atoms with Crippen molar-refractivity contribution in [2.75, 3.05) is 6.61 Å². The van der Waals surface area contributed by atoms with Gasteiger partial charge in [0.05, 0.1) is 16.7 Å². The van der Waals surface area contributed by atoms with Crippen LogP contribution in [0.2, 0.25) is 10.0 Å². The number of fused-ring (bicyclic) bond motifs is 3. The number of amides is 1. The number of hydrogen-bond acceptors (Lipinski definition) is 3. The predicted octanol–water partition coefficient (Wildman–Crippen LogP) is 6.00. The number of benzene rings is 3. The van der Waals surface area contributed by atoms with Gasteiger partial charge in [0.2, 0.25) is 0 Å². The Morgan fingerprint density at radius 3 is 2.39 bits per heavy atom. The monoisotopic (exact) mass is 535 g/mol. The molecule has 3 atom stereocenters. The fourth-order valence-electron chi connectivity index (χ4n) is 4.72. The van der Waals surface area contributed by atoms with Crippen LogP contribution in [0.25, 0.3) is 11.1 Å². The van der Waals surface area contributed by atoms with Crippen LogP contribution in [0.3, 0.4) is 0 Å². The Bertz CT molecular complexity index is 1370. The van der Waals surface area contributed by atoms with Gasteiger partial charge in [-0.15, -0.1) is 0 Å². The van der Waals surface area contributed by atoms with E-state index in [9.17, 15) is 27.9 Å². The fraction of sp³-hybridized carbons (Fsp3) is 0.231. The van der Waals surface area contributed by atoms with E-state index in [0.29, 0.717) is 29.0 Å². The first kappa shape index (κ1) is 24.5. The maximum Gasteiger partial charge on any atom is 0.326 e. The first-order valence-electron chi connectivity index (χ1n) is 11.1. The molecule has 3 aromatic carbocycles. The SMILES string of the molecule is O=C(N[C@@H](Cc1ccc(-c2c(Cl)cc(F)cc2Cl)c2c1[C@@H]1C[C@@H]1CO2)C(=O)O)c1c(F)cccc1F. The summed E-state index contributed by atoms with van der Waals surface area (Å²) in [6.07, 6.45) is 0.677. The van der Waals surface area contributed by atoms with E-state index in [-0.39, 0.29) is 28.3 Å². The van der Waals surface area contributed by atoms with Crippen LogP contribution >= 0.6 is 23.2 Å². The average molecular weight is 536 g/mol. The van der Waals surface area contributed by atoms with Crippen molar-refractivity contribution in [1.82, 2.24) is 5.32 Å². The number of aliphatic carboxylic acids is 1. The van der Waals surface area contributed by atoms with E-state index in [0.717, 1.165) is 42.3 Å². The van der Waals surface area contributed by atoms with Gasteiger partial charge in [0.25, 0.3) is 5.91 Å². The zero-order valence-electron chi connectivity index (χ0n) is 18.5. The summed E-state index contributed by atoms with van der Waals surface area (Å²) in [7, 11) is 0. The summed E-state index contributed by atoms with van der Waals surface area (Å²) < 4.78 is 47.9. The number of nitrogens with one attached hydrogen (secondary N) is 1. The molecule has 3 aromatic rings. The van der Waals surface area contributed by atoms with E-state index in [1.807, 2.05) is 0 Å². The van der Waals surface area contributed by atoms with Gasteiger partial charge in [-0.1, -0.05) is 41.4 Å². The molecule has 10 heteroatoms. The maximum atomic E-state index is 14.0. The minimum absolute atomic E-state index is 0.0964. The number of carboxylic acid groups (broad SMARTS) is 1. The molecular formula is C26H18Cl2F3NO4. The van der Waals surface area contributed by atoms with Crippen molar-refractivity contribution in [2.24, 2.45) is 5.92 Å². The van der Waals surface area contributed by atoms with Gasteiger partial charge in [-0.25, -0.2) is 18.0 Å². The highest BCUT2D eigenvalue weighted by Crippen LogP contribution is 2.58. The Morgan fingerprint density at radius 1 is 1.08 bits per heavy atom. The van der Waals surface area contributed by atoms with Crippen molar-refractivity contribution in [1.29, 1.82) is 0 Å². The molecule has 0 aromatic heterocycles. The minimum Gasteiger partial charge on any atom is -0.492 e. The molecule has 1 aliphatic carbocycles. The summed E-state index contributed by atoms with van der Waals surface area (Å²) >= 11 is 12.6. The molecule has 2 N–H and O–H groups in total. The van der Waals surface area contributed by atoms with Gasteiger partial charge in [0, 0.05) is 29.0 Å². The topological polar surface area (TPSA) is 75.6 Å². The summed E-state index contributed by atoms with van der Waals surface area (Å²) in [6, 6.07) is 7.09. The van der Waals surface area contributed by atoms with Gasteiger partial charge in [-0.2, -0.15) is 0 Å². The van der Waals surface area contributed by atoms with Gasteiger partial charge < -0.3 is 15.2 Å². The average Bonchev–Trinajstić information content (AvgIpc) is 3.59. The molecule has 0 radical (unpaired) electrons. The number of carboxylic acids is 1. The second-order valence-electron chi connectivity index (χ2n) is 8.84. The first-order valence-corrected chi connectivity index (χ1v) is 11.8. The molecule has 0 unspecified atom stereocenters. The molecule has 1 heterocycles. The van der Waals surface area contributed by atoms with Crippen LogP contribution in [0.4, 0.5) is 13.2 Å². The Kier molecular flexibility index (Phi) is 6.34. The number of carbonyl (C=O) groups is 2. The molecule has 1 aliphatic heterocycles. The van der Waals surface area contributed by atoms with Crippen molar-refractivity contribution in [2.45, 2.75) is 24.8 Å². The molecule has 0 spiro atoms. The lowest BCUT2D eigenvalue weighted by Crippen LogP contribution is -2.43. The van der Waals surface area contributed by atoms with Crippen LogP contribution in [-0.4, -0.2) is 29.6 Å². The molecule has 1 amide bonds. The summed E-state index contributed by atoms with van der Waals surface area (Å²) in [5.41, 5.74) is 1.43. The quantitative estimate of drug-likeness (QED) is 0.406. The zero-order valence-corrected chi connectivity index (χ0v) is 20.0. The van der Waals surface area contributed by atoms with E-state index < -0.39 is 40.9 Å². The van der Waals surface area contributed by atoms with E-state index in [1.165, 1.54) is 0 Å². The highest BCUT2D eigenvalue weighted by Gasteiger charge is 2.46. The van der Waals surface area contributed by atoms with Gasteiger partial charge in [0.15, 0.2) is 0 Å². The van der Waals surface area contributed by atoms with Crippen molar-refractivity contribution in [3.63, 3.8) is 0 Å². The Morgan fingerprint density at radius 2 is 1.75 bits per heavy atom. The van der Waals surface area contributed by atoms with E-state index >= 15 is 0 Å². The molecule has 5 rings (SSSR count). The largest absolute Gasteiger partial charge is 0.492 e. The van der Waals surface area contributed by atoms with Crippen LogP contribution in [0, 0.1) is 23.4 Å². The smallest absolute Gasteiger partial charge is 0.326 e. The lowest BCUT2D eigenvalue weighted by molar-refractivity contribution is -0.139. The van der Waals surface area contributed by atoms with Gasteiger partial charge in [0.1, 0.15) is 34.8 Å². The first-order chi connectivity index (χ1) is 17.2. The van der Waals surface area contributed by atoms with Gasteiger partial charge >= 0.3 is 5.97 Å². The van der Waals surface area contributed by atoms with E-state index in [1.54, 1.807) is 12.1 Å². The maximum absolute atomic E-state index is 14.0. The lowest BCUT2D eigenvalue weighted by atomic mass is 9.89. The molecule has 36 heavy (non-hydrogen) atoms. The summed E-state index contributed by atoms with van der Waals surface area (Å²) in [4.78, 5) is 24.6. The molecule has 0 saturated heterocycles. The fourth-order valence-corrected chi connectivity index (χ4v) is 5.38. The Labute approximate surface area is 213 Å². The van der Waals surface area contributed by atoms with E-state index in [2.05, 4.69) is 5.32 Å². The van der Waals surface area contributed by atoms with Crippen LogP contribution < -0.4 is 10.1 Å². The van der Waals surface area contributed by atoms with Crippen LogP contribution in [0.5, 0.6) is 5.75 Å².